The number of rotatable bonds is 5. The molecule has 2 aliphatic rings. The molecule has 0 aromatic carbocycles. The molecule has 2 fully saturated rings. The van der Waals surface area contributed by atoms with Gasteiger partial charge in [-0.1, -0.05) is 40.0 Å². The first kappa shape index (κ1) is 16.5. The van der Waals surface area contributed by atoms with E-state index in [1.807, 2.05) is 0 Å². The van der Waals surface area contributed by atoms with Crippen LogP contribution in [-0.4, -0.2) is 21.3 Å². The third-order valence-corrected chi connectivity index (χ3v) is 8.48. The molecule has 20 heavy (non-hydrogen) atoms. The fraction of sp³-hybridized carbons (Fsp3) is 1.00. The van der Waals surface area contributed by atoms with Gasteiger partial charge in [-0.05, 0) is 55.9 Å². The Balaban J connectivity index is 2.08. The Morgan fingerprint density at radius 1 is 1.15 bits per heavy atom. The van der Waals surface area contributed by atoms with Crippen LogP contribution in [0.25, 0.3) is 0 Å². The second-order valence-electron chi connectivity index (χ2n) is 7.62. The highest BCUT2D eigenvalue weighted by Gasteiger charge is 2.41. The summed E-state index contributed by atoms with van der Waals surface area (Å²) in [5.74, 6) is 1.23. The van der Waals surface area contributed by atoms with E-state index in [1.54, 1.807) is 0 Å². The van der Waals surface area contributed by atoms with Crippen LogP contribution >= 0.6 is 0 Å². The largest absolute Gasteiger partial charge is 0.330 e. The Bertz CT molecular complexity index is 336. The second kappa shape index (κ2) is 6.91. The van der Waals surface area contributed by atoms with E-state index in [4.69, 9.17) is 5.73 Å². The molecular weight excluding hydrogens is 266 g/mol. The van der Waals surface area contributed by atoms with E-state index in [0.717, 1.165) is 18.9 Å². The number of hydrogen-bond acceptors (Lipinski definition) is 2. The van der Waals surface area contributed by atoms with Crippen LogP contribution in [0.1, 0.15) is 72.1 Å². The van der Waals surface area contributed by atoms with E-state index in [-0.39, 0.29) is 0 Å². The highest BCUT2D eigenvalue weighted by atomic mass is 32.2. The molecule has 0 spiro atoms. The molecule has 118 valence electrons. The van der Waals surface area contributed by atoms with Crippen LogP contribution in [0.3, 0.4) is 0 Å². The van der Waals surface area contributed by atoms with Gasteiger partial charge in [0, 0.05) is 21.3 Å². The van der Waals surface area contributed by atoms with Crippen LogP contribution in [0.2, 0.25) is 0 Å². The van der Waals surface area contributed by atoms with E-state index >= 15 is 0 Å². The predicted molar refractivity (Wildman–Crippen MR) is 88.1 cm³/mol. The van der Waals surface area contributed by atoms with Crippen molar-refractivity contribution in [1.82, 2.24) is 0 Å². The van der Waals surface area contributed by atoms with Crippen molar-refractivity contribution in [3.05, 3.63) is 0 Å². The van der Waals surface area contributed by atoms with Gasteiger partial charge in [0.2, 0.25) is 0 Å². The van der Waals surface area contributed by atoms with Gasteiger partial charge in [-0.3, -0.25) is 4.21 Å². The van der Waals surface area contributed by atoms with E-state index in [2.05, 4.69) is 20.8 Å². The lowest BCUT2D eigenvalue weighted by Gasteiger charge is -2.43. The lowest BCUT2D eigenvalue weighted by molar-refractivity contribution is 0.133. The van der Waals surface area contributed by atoms with E-state index in [0.29, 0.717) is 21.8 Å². The quantitative estimate of drug-likeness (QED) is 0.837. The van der Waals surface area contributed by atoms with Gasteiger partial charge >= 0.3 is 0 Å². The molecule has 0 bridgehead atoms. The van der Waals surface area contributed by atoms with Crippen LogP contribution in [-0.2, 0) is 10.8 Å². The molecule has 2 aliphatic carbocycles. The normalized spacial score (nSPS) is 34.3. The fourth-order valence-corrected chi connectivity index (χ4v) is 6.45. The van der Waals surface area contributed by atoms with Gasteiger partial charge in [0.05, 0.1) is 0 Å². The topological polar surface area (TPSA) is 43.1 Å². The van der Waals surface area contributed by atoms with Gasteiger partial charge in [0.25, 0.3) is 0 Å². The molecule has 4 atom stereocenters. The summed E-state index contributed by atoms with van der Waals surface area (Å²) in [6, 6.07) is 0. The lowest BCUT2D eigenvalue weighted by Crippen LogP contribution is -2.43. The van der Waals surface area contributed by atoms with Crippen LogP contribution < -0.4 is 5.73 Å². The van der Waals surface area contributed by atoms with Crippen molar-refractivity contribution in [2.45, 2.75) is 82.6 Å². The zero-order chi connectivity index (χ0) is 14.8. The van der Waals surface area contributed by atoms with Crippen LogP contribution in [0.15, 0.2) is 0 Å². The molecule has 3 heteroatoms. The molecular formula is C17H33NOS. The van der Waals surface area contributed by atoms with Crippen molar-refractivity contribution >= 4 is 10.8 Å². The Morgan fingerprint density at radius 2 is 1.80 bits per heavy atom. The molecule has 2 saturated carbocycles. The van der Waals surface area contributed by atoms with Crippen LogP contribution in [0.5, 0.6) is 0 Å². The highest BCUT2D eigenvalue weighted by molar-refractivity contribution is 7.86. The first-order valence-electron chi connectivity index (χ1n) is 8.59. The van der Waals surface area contributed by atoms with Gasteiger partial charge in [0.1, 0.15) is 0 Å². The Labute approximate surface area is 127 Å². The zero-order valence-electron chi connectivity index (χ0n) is 13.6. The van der Waals surface area contributed by atoms with E-state index in [1.165, 1.54) is 44.9 Å². The summed E-state index contributed by atoms with van der Waals surface area (Å²) >= 11 is 0. The predicted octanol–water partition coefficient (Wildman–Crippen LogP) is 3.86. The zero-order valence-corrected chi connectivity index (χ0v) is 14.4. The molecule has 0 heterocycles. The van der Waals surface area contributed by atoms with Gasteiger partial charge in [-0.25, -0.2) is 0 Å². The summed E-state index contributed by atoms with van der Waals surface area (Å²) in [6.07, 6.45) is 9.75. The maximum atomic E-state index is 13.0. The maximum Gasteiger partial charge on any atom is 0.0393 e. The molecule has 2 N–H and O–H groups in total. The summed E-state index contributed by atoms with van der Waals surface area (Å²) in [5.41, 5.74) is 6.37. The monoisotopic (exact) mass is 299 g/mol. The smallest absolute Gasteiger partial charge is 0.0393 e. The Morgan fingerprint density at radius 3 is 2.35 bits per heavy atom. The third-order valence-electron chi connectivity index (χ3n) is 6.18. The number of hydrogen-bond donors (Lipinski definition) is 1. The molecule has 0 aromatic heterocycles. The highest BCUT2D eigenvalue weighted by Crippen LogP contribution is 2.44. The van der Waals surface area contributed by atoms with E-state index < -0.39 is 10.8 Å². The summed E-state index contributed by atoms with van der Waals surface area (Å²) in [6.45, 7) is 7.78. The lowest BCUT2D eigenvalue weighted by atomic mass is 9.67. The summed E-state index contributed by atoms with van der Waals surface area (Å²) in [5, 5.41) is 0.838. The first-order valence-corrected chi connectivity index (χ1v) is 9.86. The van der Waals surface area contributed by atoms with Crippen molar-refractivity contribution < 1.29 is 4.21 Å². The fourth-order valence-electron chi connectivity index (χ4n) is 4.11. The van der Waals surface area contributed by atoms with Crippen molar-refractivity contribution in [1.29, 1.82) is 0 Å². The van der Waals surface area contributed by atoms with Gasteiger partial charge < -0.3 is 5.73 Å². The molecule has 2 nitrogen and oxygen atoms in total. The molecule has 0 aromatic rings. The van der Waals surface area contributed by atoms with Gasteiger partial charge in [-0.15, -0.1) is 0 Å². The second-order valence-corrected chi connectivity index (χ2v) is 9.55. The first-order chi connectivity index (χ1) is 9.49. The maximum absolute atomic E-state index is 13.0. The van der Waals surface area contributed by atoms with E-state index in [9.17, 15) is 4.21 Å². The Hall–Kier alpha value is 0.110. The van der Waals surface area contributed by atoms with Gasteiger partial charge in [0.15, 0.2) is 0 Å². The molecule has 2 rings (SSSR count). The Kier molecular flexibility index (Phi) is 5.70. The number of nitrogens with two attached hydrogens (primary N) is 1. The minimum Gasteiger partial charge on any atom is -0.330 e. The standard InChI is InChI=1S/C17H33NOS/c1-4-17(2,3)14-10-9-13(12-18)16(11-14)20(19)15-7-5-6-8-15/h13-16H,4-12,18H2,1-3H3. The molecule has 0 radical (unpaired) electrons. The summed E-state index contributed by atoms with van der Waals surface area (Å²) in [7, 11) is -0.649. The molecule has 0 amide bonds. The van der Waals surface area contributed by atoms with Crippen LogP contribution in [0, 0.1) is 17.3 Å². The van der Waals surface area contributed by atoms with Crippen molar-refractivity contribution in [3.63, 3.8) is 0 Å². The minimum absolute atomic E-state index is 0.368. The average Bonchev–Trinajstić information content (AvgIpc) is 3.00. The van der Waals surface area contributed by atoms with Crippen molar-refractivity contribution in [2.75, 3.05) is 6.54 Å². The summed E-state index contributed by atoms with van der Waals surface area (Å²) < 4.78 is 13.0. The average molecular weight is 300 g/mol. The van der Waals surface area contributed by atoms with Crippen LogP contribution in [0.4, 0.5) is 0 Å². The summed E-state index contributed by atoms with van der Waals surface area (Å²) in [4.78, 5) is 0. The SMILES string of the molecule is CCC(C)(C)C1CCC(CN)C(S(=O)C2CCCC2)C1. The van der Waals surface area contributed by atoms with Crippen molar-refractivity contribution in [3.8, 4) is 0 Å². The molecule has 0 aliphatic heterocycles. The molecule has 4 unspecified atom stereocenters. The van der Waals surface area contributed by atoms with Gasteiger partial charge in [-0.2, -0.15) is 0 Å². The minimum atomic E-state index is -0.649. The van der Waals surface area contributed by atoms with Crippen molar-refractivity contribution in [2.24, 2.45) is 23.0 Å². The molecule has 0 saturated heterocycles. The third kappa shape index (κ3) is 3.47.